The number of ether oxygens (including phenoxy) is 3. The Kier molecular flexibility index (Phi) is 21.8. The Hall–Kier alpha value is -3.37. The molecule has 1 heterocycles. The monoisotopic (exact) mass is 974 g/mol. The van der Waals surface area contributed by atoms with Crippen molar-refractivity contribution in [3.8, 4) is 0 Å². The second-order valence-electron chi connectivity index (χ2n) is 21.1. The molecule has 1 aromatic rings. The van der Waals surface area contributed by atoms with Crippen LogP contribution in [0.25, 0.3) is 0 Å². The molecule has 0 saturated heterocycles. The summed E-state index contributed by atoms with van der Waals surface area (Å²) in [7, 11) is -2.28. The Labute approximate surface area is 406 Å². The maximum atomic E-state index is 14.3. The van der Waals surface area contributed by atoms with Crippen molar-refractivity contribution in [2.24, 2.45) is 69.0 Å². The van der Waals surface area contributed by atoms with Gasteiger partial charge in [0, 0.05) is 50.5 Å². The number of carbonyl (C=O) groups is 5. The maximum Gasteiger partial charge on any atom is 0.507 e. The number of unbranched alkanes of at least 4 members (excludes halogenated alkanes) is 7. The highest BCUT2D eigenvalue weighted by atomic mass is 31.1. The number of aromatic nitrogens is 3. The largest absolute Gasteiger partial charge is 0.507 e. The Balaban J connectivity index is 1.33. The third kappa shape index (κ3) is 14.4. The van der Waals surface area contributed by atoms with Gasteiger partial charge >= 0.3 is 31.4 Å². The smallest absolute Gasteiger partial charge is 0.462 e. The lowest BCUT2D eigenvalue weighted by Gasteiger charge is -2.64. The number of carbonyl (C=O) groups excluding carboxylic acids is 5. The van der Waals surface area contributed by atoms with Crippen LogP contribution in [-0.2, 0) is 55.8 Å². The fourth-order valence-electron chi connectivity index (χ4n) is 13.1. The molecule has 4 saturated carbocycles. The van der Waals surface area contributed by atoms with Crippen molar-refractivity contribution in [3.63, 3.8) is 0 Å². The zero-order valence-corrected chi connectivity index (χ0v) is 42.7. The molecule has 18 heteroatoms. The molecule has 1 aromatic heterocycles. The number of nitrogens with zero attached hydrogens (tertiary/aromatic N) is 4. The first kappa shape index (κ1) is 55.6. The summed E-state index contributed by atoms with van der Waals surface area (Å²) in [4.78, 5) is 67.4. The maximum absolute atomic E-state index is 14.3. The minimum atomic E-state index is -2.28. The van der Waals surface area contributed by atoms with E-state index in [0.29, 0.717) is 58.2 Å². The molecule has 5 rings (SSSR count). The predicted molar refractivity (Wildman–Crippen MR) is 259 cm³/mol. The fourth-order valence-corrected chi connectivity index (χ4v) is 13.5. The quantitative estimate of drug-likeness (QED) is 0.0277. The molecule has 12 atom stereocenters. The number of rotatable bonds is 29. The average Bonchev–Trinajstić information content (AvgIpc) is 3.90. The molecule has 0 spiro atoms. The van der Waals surface area contributed by atoms with Crippen LogP contribution in [0.4, 0.5) is 0 Å². The van der Waals surface area contributed by atoms with Crippen LogP contribution in [0.2, 0.25) is 0 Å². The normalized spacial score (nSPS) is 29.2. The molecular formula is C50H86N8O9P+. The van der Waals surface area contributed by atoms with Gasteiger partial charge < -0.3 is 36.3 Å². The second kappa shape index (κ2) is 26.7. The van der Waals surface area contributed by atoms with Crippen molar-refractivity contribution in [3.05, 3.63) is 11.9 Å². The molecule has 1 amide bonds. The average molecular weight is 974 g/mol. The molecule has 1 unspecified atom stereocenters. The molecule has 0 aromatic carbocycles. The van der Waals surface area contributed by atoms with Crippen LogP contribution in [0, 0.1) is 46.3 Å². The summed E-state index contributed by atoms with van der Waals surface area (Å²) in [5, 5.41) is 8.77. The van der Waals surface area contributed by atoms with Crippen molar-refractivity contribution < 1.29 is 42.7 Å². The molecular weight excluding hydrogens is 888 g/mol. The van der Waals surface area contributed by atoms with E-state index in [-0.39, 0.29) is 128 Å². The molecule has 0 bridgehead atoms. The summed E-state index contributed by atoms with van der Waals surface area (Å²) >= 11 is 0. The van der Waals surface area contributed by atoms with Gasteiger partial charge in [0.15, 0.2) is 0 Å². The van der Waals surface area contributed by atoms with Crippen molar-refractivity contribution in [1.82, 2.24) is 19.9 Å². The van der Waals surface area contributed by atoms with E-state index in [1.165, 1.54) is 19.3 Å². The highest BCUT2D eigenvalue weighted by molar-refractivity contribution is 7.61. The van der Waals surface area contributed by atoms with E-state index in [1.807, 2.05) is 11.1 Å². The minimum absolute atomic E-state index is 0.0384. The lowest BCUT2D eigenvalue weighted by molar-refractivity contribution is -0.225. The van der Waals surface area contributed by atoms with Gasteiger partial charge in [-0.3, -0.25) is 23.9 Å². The van der Waals surface area contributed by atoms with Crippen LogP contribution < -0.4 is 22.7 Å². The van der Waals surface area contributed by atoms with Gasteiger partial charge in [0.2, 0.25) is 5.91 Å². The molecule has 0 radical (unpaired) electrons. The van der Waals surface area contributed by atoms with Gasteiger partial charge in [0.25, 0.3) is 0 Å². The molecule has 4 aliphatic rings. The Bertz CT molecular complexity index is 1840. The van der Waals surface area contributed by atoms with Crippen LogP contribution in [-0.4, -0.2) is 93.7 Å². The Morgan fingerprint density at radius 2 is 1.47 bits per heavy atom. The second-order valence-corrected chi connectivity index (χ2v) is 22.3. The van der Waals surface area contributed by atoms with E-state index in [0.717, 1.165) is 63.5 Å². The molecule has 8 N–H and O–H groups in total. The van der Waals surface area contributed by atoms with Gasteiger partial charge in [-0.2, -0.15) is 0 Å². The first-order valence-electron chi connectivity index (χ1n) is 26.2. The Morgan fingerprint density at radius 1 is 0.809 bits per heavy atom. The molecule has 384 valence electrons. The van der Waals surface area contributed by atoms with Crippen LogP contribution in [0.5, 0.6) is 0 Å². The van der Waals surface area contributed by atoms with Gasteiger partial charge in [-0.15, -0.1) is 10.6 Å². The molecule has 4 fully saturated rings. The highest BCUT2D eigenvalue weighted by Crippen LogP contribution is 2.69. The number of aryl methyl sites for hydroxylation is 1. The number of esters is 3. The van der Waals surface area contributed by atoms with E-state index in [2.05, 4.69) is 38.0 Å². The van der Waals surface area contributed by atoms with Crippen LogP contribution in [0.1, 0.15) is 175 Å². The van der Waals surface area contributed by atoms with E-state index in [1.54, 1.807) is 4.68 Å². The fraction of sp³-hybridized carbons (Fsp3) is 0.860. The van der Waals surface area contributed by atoms with E-state index in [9.17, 15) is 28.5 Å². The Morgan fingerprint density at radius 3 is 2.16 bits per heavy atom. The number of hydrogen-bond acceptors (Lipinski definition) is 14. The van der Waals surface area contributed by atoms with Crippen molar-refractivity contribution >= 4 is 37.3 Å². The lowest BCUT2D eigenvalue weighted by atomic mass is 9.43. The van der Waals surface area contributed by atoms with E-state index >= 15 is 0 Å². The van der Waals surface area contributed by atoms with Crippen molar-refractivity contribution in [2.75, 3.05) is 26.2 Å². The highest BCUT2D eigenvalue weighted by Gasteiger charge is 2.67. The van der Waals surface area contributed by atoms with Gasteiger partial charge in [-0.25, -0.2) is 4.79 Å². The first-order chi connectivity index (χ1) is 32.6. The molecule has 4 aliphatic carbocycles. The summed E-state index contributed by atoms with van der Waals surface area (Å²) in [6.45, 7) is 11.3. The SMILES string of the molecule is CCCCCCCCN(Cc1cn(CCCCCC(=O)[P+](N)=O)nn1)C(=O)CC[C@@H](C)[C@H]1CC[C@H]2[C@@H]3[C@H](OC(=O)CCN)C[C@@H]4C[C@H](OC(=O)CCN)CC[C@]4(C)[C@H]3C[C@H](OC(=O)CCN)[C@]12C. The first-order valence-corrected chi connectivity index (χ1v) is 27.5. The van der Waals surface area contributed by atoms with Crippen LogP contribution in [0.3, 0.4) is 0 Å². The number of fused-ring (bicyclic) bond motifs is 5. The number of amides is 1. The van der Waals surface area contributed by atoms with Gasteiger partial charge in [-0.1, -0.05) is 71.4 Å². The summed E-state index contributed by atoms with van der Waals surface area (Å²) in [6, 6.07) is 0. The summed E-state index contributed by atoms with van der Waals surface area (Å²) in [5.74, 6) is -0.186. The zero-order chi connectivity index (χ0) is 49.4. The predicted octanol–water partition coefficient (Wildman–Crippen LogP) is 6.83. The topological polar surface area (TPSA) is 268 Å². The van der Waals surface area contributed by atoms with Gasteiger partial charge in [-0.05, 0) is 110 Å². The minimum Gasteiger partial charge on any atom is -0.462 e. The third-order valence-corrected chi connectivity index (χ3v) is 17.5. The van der Waals surface area contributed by atoms with E-state index < -0.39 is 18.9 Å². The summed E-state index contributed by atoms with van der Waals surface area (Å²) < 4.78 is 32.0. The van der Waals surface area contributed by atoms with Crippen molar-refractivity contribution in [1.29, 1.82) is 0 Å². The van der Waals surface area contributed by atoms with Crippen molar-refractivity contribution in [2.45, 2.75) is 200 Å². The molecule has 17 nitrogen and oxygen atoms in total. The number of hydrogen-bond donors (Lipinski definition) is 4. The third-order valence-electron chi connectivity index (χ3n) is 16.8. The van der Waals surface area contributed by atoms with E-state index in [4.69, 9.17) is 36.9 Å². The van der Waals surface area contributed by atoms with Crippen LogP contribution >= 0.6 is 7.95 Å². The number of nitrogens with two attached hydrogens (primary N) is 4. The summed E-state index contributed by atoms with van der Waals surface area (Å²) in [6.07, 6.45) is 16.7. The van der Waals surface area contributed by atoms with Gasteiger partial charge in [0.05, 0.1) is 38.4 Å². The zero-order valence-electron chi connectivity index (χ0n) is 41.8. The molecule has 68 heavy (non-hydrogen) atoms. The molecule has 0 aliphatic heterocycles. The summed E-state index contributed by atoms with van der Waals surface area (Å²) in [5.41, 5.74) is 22.4. The van der Waals surface area contributed by atoms with Gasteiger partial charge in [0.1, 0.15) is 24.0 Å². The standard InChI is InChI=1S/C50H86N8O9P/c1-5-6-7-8-9-12-27-57(32-36-33-58(56-55-36)28-13-10-11-14-47(63)68(54)64)43(59)18-15-34(2)38-16-17-39-48-40(31-42(50(38,39)4)67-46(62)22-26-53)49(3)23-19-37(65-44(60)20-24-51)29-35(49)30-41(48)66-45(61)21-25-52/h33-35,37-42,48H,5-32,51-53H2,1-4H3,(H2,54,64)/q+1/t34-,35+,37-,38-,39+,40+,41-,42+,48+,49+,50-/m1/s1. The lowest BCUT2D eigenvalue weighted by Crippen LogP contribution is -2.63. The van der Waals surface area contributed by atoms with Crippen LogP contribution in [0.15, 0.2) is 6.20 Å².